The number of carbonyl (C=O) groups is 2. The van der Waals surface area contributed by atoms with Crippen molar-refractivity contribution < 1.29 is 23.5 Å². The Morgan fingerprint density at radius 3 is 2.53 bits per heavy atom. The van der Waals surface area contributed by atoms with Gasteiger partial charge in [0.2, 0.25) is 5.91 Å². The molecule has 0 saturated heterocycles. The third-order valence-electron chi connectivity index (χ3n) is 2.59. The van der Waals surface area contributed by atoms with Gasteiger partial charge < -0.3 is 10.4 Å². The normalized spacial score (nSPS) is 25.9. The summed E-state index contributed by atoms with van der Waals surface area (Å²) in [6.45, 7) is 1.17. The lowest BCUT2D eigenvalue weighted by molar-refractivity contribution is -0.147. The van der Waals surface area contributed by atoms with Crippen LogP contribution in [-0.2, 0) is 9.59 Å². The van der Waals surface area contributed by atoms with Gasteiger partial charge in [-0.2, -0.15) is 0 Å². The molecule has 0 spiro atoms. The molecule has 15 heavy (non-hydrogen) atoms. The van der Waals surface area contributed by atoms with Gasteiger partial charge >= 0.3 is 5.97 Å². The molecule has 86 valence electrons. The van der Waals surface area contributed by atoms with E-state index >= 15 is 0 Å². The van der Waals surface area contributed by atoms with Gasteiger partial charge in [0.1, 0.15) is 5.92 Å². The summed E-state index contributed by atoms with van der Waals surface area (Å²) >= 11 is 0. The number of halogens is 2. The Morgan fingerprint density at radius 1 is 1.53 bits per heavy atom. The third kappa shape index (κ3) is 2.64. The van der Waals surface area contributed by atoms with Crippen LogP contribution in [-0.4, -0.2) is 28.9 Å². The number of nitrogens with one attached hydrogen (secondary N) is 1. The third-order valence-corrected chi connectivity index (χ3v) is 2.59. The zero-order valence-corrected chi connectivity index (χ0v) is 8.30. The first-order chi connectivity index (χ1) is 6.84. The van der Waals surface area contributed by atoms with E-state index in [1.807, 2.05) is 0 Å². The van der Waals surface area contributed by atoms with Crippen molar-refractivity contribution >= 4 is 11.9 Å². The van der Waals surface area contributed by atoms with Gasteiger partial charge in [-0.25, -0.2) is 8.78 Å². The summed E-state index contributed by atoms with van der Waals surface area (Å²) in [5, 5.41) is 10.6. The topological polar surface area (TPSA) is 66.4 Å². The van der Waals surface area contributed by atoms with Crippen LogP contribution >= 0.6 is 0 Å². The van der Waals surface area contributed by atoms with E-state index in [0.717, 1.165) is 0 Å². The largest absolute Gasteiger partial charge is 0.481 e. The Bertz CT molecular complexity index is 281. The summed E-state index contributed by atoms with van der Waals surface area (Å²) in [5.41, 5.74) is 0. The molecule has 1 rings (SSSR count). The zero-order valence-electron chi connectivity index (χ0n) is 8.30. The highest BCUT2D eigenvalue weighted by Crippen LogP contribution is 2.35. The number of aliphatic carboxylic acids is 1. The molecule has 0 radical (unpaired) electrons. The molecule has 4 nitrogen and oxygen atoms in total. The number of rotatable bonds is 3. The van der Waals surface area contributed by atoms with Crippen LogP contribution in [0.2, 0.25) is 0 Å². The Labute approximate surface area is 85.7 Å². The lowest BCUT2D eigenvalue weighted by atomic mass is 10.1. The molecule has 1 fully saturated rings. The molecule has 1 aliphatic rings. The number of carboxylic acid groups (broad SMARTS) is 1. The van der Waals surface area contributed by atoms with E-state index < -0.39 is 29.8 Å². The number of amides is 1. The predicted molar refractivity (Wildman–Crippen MR) is 47.5 cm³/mol. The molecule has 0 aromatic rings. The average molecular weight is 221 g/mol. The van der Waals surface area contributed by atoms with E-state index in [0.29, 0.717) is 6.42 Å². The van der Waals surface area contributed by atoms with Gasteiger partial charge in [0.05, 0.1) is 6.04 Å². The summed E-state index contributed by atoms with van der Waals surface area (Å²) < 4.78 is 26.1. The van der Waals surface area contributed by atoms with Gasteiger partial charge in [-0.15, -0.1) is 0 Å². The van der Waals surface area contributed by atoms with Gasteiger partial charge in [0, 0.05) is 6.42 Å². The Balaban J connectivity index is 2.55. The molecule has 6 heteroatoms. The maximum atomic E-state index is 13.1. The van der Waals surface area contributed by atoms with Crippen molar-refractivity contribution in [3.8, 4) is 0 Å². The smallest absolute Gasteiger partial charge is 0.315 e. The van der Waals surface area contributed by atoms with E-state index in [-0.39, 0.29) is 12.8 Å². The molecule has 1 amide bonds. The zero-order chi connectivity index (χ0) is 11.6. The van der Waals surface area contributed by atoms with Crippen LogP contribution < -0.4 is 5.32 Å². The first kappa shape index (κ1) is 11.9. The second-order valence-electron chi connectivity index (χ2n) is 3.77. The molecule has 0 heterocycles. The van der Waals surface area contributed by atoms with Crippen LogP contribution in [0.5, 0.6) is 0 Å². The quantitative estimate of drug-likeness (QED) is 0.699. The predicted octanol–water partition coefficient (Wildman–Crippen LogP) is 1.01. The van der Waals surface area contributed by atoms with Crippen LogP contribution in [0.25, 0.3) is 0 Å². The fourth-order valence-electron chi connectivity index (χ4n) is 1.51. The second kappa shape index (κ2) is 4.12. The highest BCUT2D eigenvalue weighted by Gasteiger charge is 2.45. The molecule has 0 bridgehead atoms. The minimum absolute atomic E-state index is 0.199. The molecule has 2 N–H and O–H groups in total. The number of alkyl halides is 2. The Morgan fingerprint density at radius 2 is 2.13 bits per heavy atom. The van der Waals surface area contributed by atoms with E-state index in [2.05, 4.69) is 5.32 Å². The fourth-order valence-corrected chi connectivity index (χ4v) is 1.51. The number of hydrogen-bond donors (Lipinski definition) is 2. The van der Waals surface area contributed by atoms with Crippen LogP contribution in [0.15, 0.2) is 0 Å². The van der Waals surface area contributed by atoms with Crippen molar-refractivity contribution in [3.63, 3.8) is 0 Å². The fraction of sp³-hybridized carbons (Fsp3) is 0.778. The molecule has 1 aliphatic carbocycles. The average Bonchev–Trinajstić information content (AvgIpc) is 2.44. The molecule has 2 atom stereocenters. The summed E-state index contributed by atoms with van der Waals surface area (Å²) in [6, 6.07) is -1.22. The van der Waals surface area contributed by atoms with E-state index in [4.69, 9.17) is 5.11 Å². The lowest BCUT2D eigenvalue weighted by Crippen LogP contribution is -2.47. The van der Waals surface area contributed by atoms with Gasteiger partial charge in [-0.05, 0) is 19.8 Å². The molecule has 2 unspecified atom stereocenters. The van der Waals surface area contributed by atoms with E-state index in [1.54, 1.807) is 0 Å². The highest BCUT2D eigenvalue weighted by atomic mass is 19.3. The SMILES string of the molecule is CC(C(=O)O)C(=O)NC1CCCC1(F)F. The summed E-state index contributed by atoms with van der Waals surface area (Å²) in [4.78, 5) is 21.6. The van der Waals surface area contributed by atoms with Crippen LogP contribution in [0.3, 0.4) is 0 Å². The van der Waals surface area contributed by atoms with Gasteiger partial charge in [0.15, 0.2) is 0 Å². The van der Waals surface area contributed by atoms with Crippen molar-refractivity contribution in [2.24, 2.45) is 5.92 Å². The maximum absolute atomic E-state index is 13.1. The number of carbonyl (C=O) groups excluding carboxylic acids is 1. The van der Waals surface area contributed by atoms with Crippen LogP contribution in [0, 0.1) is 5.92 Å². The van der Waals surface area contributed by atoms with Crippen molar-refractivity contribution in [2.45, 2.75) is 38.2 Å². The molecular weight excluding hydrogens is 208 g/mol. The van der Waals surface area contributed by atoms with Gasteiger partial charge in [0.25, 0.3) is 5.92 Å². The van der Waals surface area contributed by atoms with Gasteiger partial charge in [-0.1, -0.05) is 0 Å². The van der Waals surface area contributed by atoms with Crippen molar-refractivity contribution in [2.75, 3.05) is 0 Å². The summed E-state index contributed by atoms with van der Waals surface area (Å²) in [6.07, 6.45) is 0.296. The Kier molecular flexibility index (Phi) is 3.26. The number of carboxylic acids is 1. The molecule has 0 aromatic heterocycles. The highest BCUT2D eigenvalue weighted by molar-refractivity contribution is 5.96. The first-order valence-corrected chi connectivity index (χ1v) is 4.75. The van der Waals surface area contributed by atoms with Crippen molar-refractivity contribution in [1.82, 2.24) is 5.32 Å². The molecule has 0 aliphatic heterocycles. The molecule has 0 aromatic carbocycles. The van der Waals surface area contributed by atoms with E-state index in [9.17, 15) is 18.4 Å². The second-order valence-corrected chi connectivity index (χ2v) is 3.77. The van der Waals surface area contributed by atoms with E-state index in [1.165, 1.54) is 6.92 Å². The minimum Gasteiger partial charge on any atom is -0.481 e. The molecule has 1 saturated carbocycles. The Hall–Kier alpha value is -1.20. The monoisotopic (exact) mass is 221 g/mol. The summed E-state index contributed by atoms with van der Waals surface area (Å²) in [7, 11) is 0. The first-order valence-electron chi connectivity index (χ1n) is 4.75. The number of hydrogen-bond acceptors (Lipinski definition) is 2. The van der Waals surface area contributed by atoms with Crippen molar-refractivity contribution in [1.29, 1.82) is 0 Å². The molecular formula is C9H13F2NO3. The minimum atomic E-state index is -2.91. The standard InChI is InChI=1S/C9H13F2NO3/c1-5(8(14)15)7(13)12-6-3-2-4-9(6,10)11/h5-6H,2-4H2,1H3,(H,12,13)(H,14,15). The summed E-state index contributed by atoms with van der Waals surface area (Å²) in [5.74, 6) is -6.36. The lowest BCUT2D eigenvalue weighted by Gasteiger charge is -2.21. The van der Waals surface area contributed by atoms with Gasteiger partial charge in [-0.3, -0.25) is 9.59 Å². The van der Waals surface area contributed by atoms with Crippen LogP contribution in [0.4, 0.5) is 8.78 Å². The maximum Gasteiger partial charge on any atom is 0.315 e. The van der Waals surface area contributed by atoms with Crippen molar-refractivity contribution in [3.05, 3.63) is 0 Å². The van der Waals surface area contributed by atoms with Crippen LogP contribution in [0.1, 0.15) is 26.2 Å².